The number of rotatable bonds is 4. The first-order valence-corrected chi connectivity index (χ1v) is 3.83. The minimum Gasteiger partial charge on any atom is -0.368 e. The molecule has 0 aromatic carbocycles. The molecule has 0 aliphatic heterocycles. The topological polar surface area (TPSA) is 55.1 Å². The number of hydrogen-bond acceptors (Lipinski definition) is 2. The molecule has 13 heavy (non-hydrogen) atoms. The van der Waals surface area contributed by atoms with Crippen molar-refractivity contribution in [2.24, 2.45) is 5.73 Å². The standard InChI is InChI=1S/C7H13F3N2O/c1-3-6(2,5(11)13)12-4-7(8,9)10/h12H,3-4H2,1-2H3,(H2,11,13). The van der Waals surface area contributed by atoms with E-state index in [2.05, 4.69) is 5.32 Å². The van der Waals surface area contributed by atoms with Crippen LogP contribution in [0.1, 0.15) is 20.3 Å². The van der Waals surface area contributed by atoms with E-state index in [9.17, 15) is 18.0 Å². The molecule has 0 heterocycles. The Kier molecular flexibility index (Phi) is 3.71. The van der Waals surface area contributed by atoms with Gasteiger partial charge in [0.1, 0.15) is 0 Å². The highest BCUT2D eigenvalue weighted by Gasteiger charge is 2.34. The van der Waals surface area contributed by atoms with E-state index in [1.54, 1.807) is 6.92 Å². The summed E-state index contributed by atoms with van der Waals surface area (Å²) in [6.45, 7) is 1.73. The zero-order valence-corrected chi connectivity index (χ0v) is 7.53. The minimum atomic E-state index is -4.33. The Hall–Kier alpha value is -0.780. The average Bonchev–Trinajstić information content (AvgIpc) is 1.98. The predicted molar refractivity (Wildman–Crippen MR) is 41.9 cm³/mol. The quantitative estimate of drug-likeness (QED) is 0.701. The fourth-order valence-corrected chi connectivity index (χ4v) is 0.682. The Morgan fingerprint density at radius 1 is 1.46 bits per heavy atom. The van der Waals surface area contributed by atoms with E-state index in [4.69, 9.17) is 5.73 Å². The summed E-state index contributed by atoms with van der Waals surface area (Å²) in [5.41, 5.74) is 3.66. The molecular formula is C7H13F3N2O. The molecule has 0 radical (unpaired) electrons. The van der Waals surface area contributed by atoms with E-state index in [-0.39, 0.29) is 6.42 Å². The second kappa shape index (κ2) is 3.95. The van der Waals surface area contributed by atoms with Crippen molar-refractivity contribution in [3.63, 3.8) is 0 Å². The van der Waals surface area contributed by atoms with Gasteiger partial charge in [-0.25, -0.2) is 0 Å². The molecular weight excluding hydrogens is 185 g/mol. The first kappa shape index (κ1) is 12.2. The third-order valence-corrected chi connectivity index (χ3v) is 1.93. The van der Waals surface area contributed by atoms with Gasteiger partial charge >= 0.3 is 6.18 Å². The highest BCUT2D eigenvalue weighted by Crippen LogP contribution is 2.16. The van der Waals surface area contributed by atoms with Crippen LogP contribution in [0.3, 0.4) is 0 Å². The molecule has 0 aliphatic carbocycles. The Morgan fingerprint density at radius 2 is 1.92 bits per heavy atom. The summed E-state index contributed by atoms with van der Waals surface area (Å²) < 4.78 is 35.3. The number of amides is 1. The lowest BCUT2D eigenvalue weighted by molar-refractivity contribution is -0.135. The lowest BCUT2D eigenvalue weighted by Crippen LogP contribution is -2.55. The van der Waals surface area contributed by atoms with Crippen molar-refractivity contribution in [1.29, 1.82) is 0 Å². The summed E-state index contributed by atoms with van der Waals surface area (Å²) in [5.74, 6) is -0.778. The smallest absolute Gasteiger partial charge is 0.368 e. The number of carbonyl (C=O) groups excluding carboxylic acids is 1. The molecule has 1 amide bonds. The Labute approximate surface area is 74.5 Å². The van der Waals surface area contributed by atoms with Crippen LogP contribution in [0.15, 0.2) is 0 Å². The average molecular weight is 198 g/mol. The van der Waals surface area contributed by atoms with Crippen molar-refractivity contribution in [3.8, 4) is 0 Å². The SMILES string of the molecule is CCC(C)(NCC(F)(F)F)C(N)=O. The van der Waals surface area contributed by atoms with Crippen LogP contribution < -0.4 is 11.1 Å². The molecule has 0 spiro atoms. The second-order valence-electron chi connectivity index (χ2n) is 3.02. The van der Waals surface area contributed by atoms with Gasteiger partial charge in [0, 0.05) is 0 Å². The van der Waals surface area contributed by atoms with Crippen LogP contribution in [0.4, 0.5) is 13.2 Å². The summed E-state index contributed by atoms with van der Waals surface area (Å²) in [4.78, 5) is 10.8. The third kappa shape index (κ3) is 4.12. The molecule has 1 unspecified atom stereocenters. The van der Waals surface area contributed by atoms with Gasteiger partial charge in [0.05, 0.1) is 12.1 Å². The number of primary amides is 1. The van der Waals surface area contributed by atoms with Crippen molar-refractivity contribution in [2.75, 3.05) is 6.54 Å². The number of nitrogens with two attached hydrogens (primary N) is 1. The zero-order valence-electron chi connectivity index (χ0n) is 7.53. The first-order chi connectivity index (χ1) is 5.71. The van der Waals surface area contributed by atoms with Gasteiger partial charge in [-0.15, -0.1) is 0 Å². The van der Waals surface area contributed by atoms with Crippen molar-refractivity contribution >= 4 is 5.91 Å². The molecule has 3 nitrogen and oxygen atoms in total. The molecule has 0 fully saturated rings. The van der Waals surface area contributed by atoms with Crippen LogP contribution in [-0.2, 0) is 4.79 Å². The molecule has 0 saturated carbocycles. The van der Waals surface area contributed by atoms with E-state index in [1.165, 1.54) is 6.92 Å². The fraction of sp³-hybridized carbons (Fsp3) is 0.857. The van der Waals surface area contributed by atoms with E-state index in [1.807, 2.05) is 0 Å². The van der Waals surface area contributed by atoms with Gasteiger partial charge in [-0.3, -0.25) is 10.1 Å². The van der Waals surface area contributed by atoms with Crippen molar-refractivity contribution in [3.05, 3.63) is 0 Å². The maximum atomic E-state index is 11.8. The van der Waals surface area contributed by atoms with E-state index in [0.717, 1.165) is 0 Å². The molecule has 1 atom stereocenters. The maximum absolute atomic E-state index is 11.8. The molecule has 0 aromatic heterocycles. The van der Waals surface area contributed by atoms with Crippen LogP contribution in [0.5, 0.6) is 0 Å². The highest BCUT2D eigenvalue weighted by molar-refractivity contribution is 5.84. The van der Waals surface area contributed by atoms with Gasteiger partial charge in [0.15, 0.2) is 0 Å². The Morgan fingerprint density at radius 3 is 2.15 bits per heavy atom. The predicted octanol–water partition coefficient (Wildman–Crippen LogP) is 0.792. The summed E-state index contributed by atoms with van der Waals surface area (Å²) in [5, 5.41) is 2.09. The van der Waals surface area contributed by atoms with E-state index >= 15 is 0 Å². The number of hydrogen-bond donors (Lipinski definition) is 2. The molecule has 78 valence electrons. The van der Waals surface area contributed by atoms with Gasteiger partial charge in [0.25, 0.3) is 0 Å². The second-order valence-corrected chi connectivity index (χ2v) is 3.02. The van der Waals surface area contributed by atoms with E-state index < -0.39 is 24.2 Å². The highest BCUT2D eigenvalue weighted by atomic mass is 19.4. The maximum Gasteiger partial charge on any atom is 0.401 e. The Balaban J connectivity index is 4.22. The zero-order chi connectivity index (χ0) is 10.7. The largest absolute Gasteiger partial charge is 0.401 e. The normalized spacial score (nSPS) is 16.7. The number of carbonyl (C=O) groups is 1. The fourth-order valence-electron chi connectivity index (χ4n) is 0.682. The minimum absolute atomic E-state index is 0.221. The van der Waals surface area contributed by atoms with Crippen molar-refractivity contribution in [1.82, 2.24) is 5.32 Å². The number of alkyl halides is 3. The van der Waals surface area contributed by atoms with Crippen LogP contribution in [-0.4, -0.2) is 24.2 Å². The van der Waals surface area contributed by atoms with E-state index in [0.29, 0.717) is 0 Å². The van der Waals surface area contributed by atoms with Crippen LogP contribution in [0.25, 0.3) is 0 Å². The monoisotopic (exact) mass is 198 g/mol. The molecule has 0 saturated heterocycles. The van der Waals surface area contributed by atoms with Gasteiger partial charge in [-0.1, -0.05) is 6.92 Å². The summed E-state index contributed by atoms with van der Waals surface area (Å²) in [6, 6.07) is 0. The van der Waals surface area contributed by atoms with Gasteiger partial charge in [0.2, 0.25) is 5.91 Å². The van der Waals surface area contributed by atoms with Gasteiger partial charge < -0.3 is 5.73 Å². The lowest BCUT2D eigenvalue weighted by atomic mass is 9.98. The Bertz CT molecular complexity index is 193. The number of nitrogens with one attached hydrogen (secondary N) is 1. The summed E-state index contributed by atoms with van der Waals surface area (Å²) >= 11 is 0. The van der Waals surface area contributed by atoms with Crippen molar-refractivity contribution in [2.45, 2.75) is 32.0 Å². The molecule has 0 rings (SSSR count). The lowest BCUT2D eigenvalue weighted by Gasteiger charge is -2.26. The third-order valence-electron chi connectivity index (χ3n) is 1.93. The molecule has 0 aliphatic rings. The molecule has 0 bridgehead atoms. The molecule has 0 aromatic rings. The van der Waals surface area contributed by atoms with Crippen LogP contribution >= 0.6 is 0 Å². The van der Waals surface area contributed by atoms with Crippen molar-refractivity contribution < 1.29 is 18.0 Å². The summed E-state index contributed by atoms with van der Waals surface area (Å²) in [6.07, 6.45) is -4.11. The molecule has 3 N–H and O–H groups in total. The number of halogens is 3. The van der Waals surface area contributed by atoms with Crippen LogP contribution in [0, 0.1) is 0 Å². The first-order valence-electron chi connectivity index (χ1n) is 3.83. The van der Waals surface area contributed by atoms with Crippen LogP contribution in [0.2, 0.25) is 0 Å². The van der Waals surface area contributed by atoms with Gasteiger partial charge in [-0.2, -0.15) is 13.2 Å². The summed E-state index contributed by atoms with van der Waals surface area (Å²) in [7, 11) is 0. The molecule has 6 heteroatoms. The van der Waals surface area contributed by atoms with Gasteiger partial charge in [-0.05, 0) is 13.3 Å².